The monoisotopic (exact) mass is 290 g/mol. The molecule has 2 atom stereocenters. The maximum absolute atomic E-state index is 6.09. The third kappa shape index (κ3) is 3.33. The minimum absolute atomic E-state index is 0.444. The summed E-state index contributed by atoms with van der Waals surface area (Å²) in [4.78, 5) is 5.25. The van der Waals surface area contributed by atoms with Gasteiger partial charge in [-0.2, -0.15) is 0 Å². The van der Waals surface area contributed by atoms with Gasteiger partial charge >= 0.3 is 0 Å². The number of morpholine rings is 1. The lowest BCUT2D eigenvalue weighted by Gasteiger charge is -2.40. The third-order valence-corrected chi connectivity index (χ3v) is 5.23. The van der Waals surface area contributed by atoms with Crippen molar-refractivity contribution >= 4 is 0 Å². The van der Waals surface area contributed by atoms with E-state index in [4.69, 9.17) is 9.15 Å². The summed E-state index contributed by atoms with van der Waals surface area (Å²) in [6.45, 7) is 6.59. The molecule has 1 aliphatic carbocycles. The molecular formula is C17H26N2O2. The summed E-state index contributed by atoms with van der Waals surface area (Å²) in [5, 5.41) is 0. The van der Waals surface area contributed by atoms with Crippen LogP contribution in [0.25, 0.3) is 0 Å². The number of hydrogen-bond acceptors (Lipinski definition) is 4. The normalized spacial score (nSPS) is 31.8. The largest absolute Gasteiger partial charge is 0.468 e. The summed E-state index contributed by atoms with van der Waals surface area (Å²) < 4.78 is 11.6. The molecule has 3 aliphatic rings. The zero-order chi connectivity index (χ0) is 14.1. The van der Waals surface area contributed by atoms with E-state index in [1.54, 1.807) is 6.26 Å². The van der Waals surface area contributed by atoms with E-state index in [2.05, 4.69) is 15.9 Å². The van der Waals surface area contributed by atoms with Crippen LogP contribution >= 0.6 is 0 Å². The second kappa shape index (κ2) is 6.11. The Morgan fingerprint density at radius 1 is 1.10 bits per heavy atom. The van der Waals surface area contributed by atoms with Gasteiger partial charge in [0.1, 0.15) is 5.76 Å². The van der Waals surface area contributed by atoms with E-state index in [-0.39, 0.29) is 0 Å². The van der Waals surface area contributed by atoms with Crippen LogP contribution in [0, 0.1) is 5.92 Å². The molecule has 0 amide bonds. The molecule has 0 N–H and O–H groups in total. The summed E-state index contributed by atoms with van der Waals surface area (Å²) in [7, 11) is 0. The first-order valence-electron chi connectivity index (χ1n) is 8.49. The van der Waals surface area contributed by atoms with E-state index in [0.29, 0.717) is 12.1 Å². The molecule has 3 fully saturated rings. The molecule has 116 valence electrons. The van der Waals surface area contributed by atoms with Gasteiger partial charge in [-0.05, 0) is 43.7 Å². The van der Waals surface area contributed by atoms with Gasteiger partial charge in [-0.1, -0.05) is 0 Å². The Morgan fingerprint density at radius 3 is 2.81 bits per heavy atom. The van der Waals surface area contributed by atoms with Crippen molar-refractivity contribution in [1.82, 2.24) is 9.80 Å². The first kappa shape index (κ1) is 13.8. The highest BCUT2D eigenvalue weighted by molar-refractivity contribution is 4.99. The minimum atomic E-state index is 0.444. The minimum Gasteiger partial charge on any atom is -0.468 e. The van der Waals surface area contributed by atoms with Crippen LogP contribution in [0.2, 0.25) is 0 Å². The summed E-state index contributed by atoms with van der Waals surface area (Å²) in [6, 6.07) is 4.70. The second-order valence-corrected chi connectivity index (χ2v) is 6.85. The maximum Gasteiger partial charge on any atom is 0.117 e. The van der Waals surface area contributed by atoms with Gasteiger partial charge in [0.05, 0.1) is 25.5 Å². The van der Waals surface area contributed by atoms with Crippen molar-refractivity contribution < 1.29 is 9.15 Å². The van der Waals surface area contributed by atoms with Crippen LogP contribution in [0.3, 0.4) is 0 Å². The van der Waals surface area contributed by atoms with Crippen molar-refractivity contribution in [2.45, 2.75) is 44.4 Å². The molecule has 1 aromatic heterocycles. The summed E-state index contributed by atoms with van der Waals surface area (Å²) in [6.07, 6.45) is 7.50. The SMILES string of the molecule is c1coc(CN2CC[C@@H]3OCCN(CC4CC4)[C@H]3CC2)c1. The number of rotatable bonds is 4. The zero-order valence-corrected chi connectivity index (χ0v) is 12.7. The van der Waals surface area contributed by atoms with Gasteiger partial charge in [-0.15, -0.1) is 0 Å². The average Bonchev–Trinajstić information content (AvgIpc) is 3.21. The van der Waals surface area contributed by atoms with Crippen molar-refractivity contribution in [3.05, 3.63) is 24.2 Å². The van der Waals surface area contributed by atoms with E-state index in [0.717, 1.165) is 50.9 Å². The fourth-order valence-electron chi connectivity index (χ4n) is 3.85. The van der Waals surface area contributed by atoms with Crippen molar-refractivity contribution in [2.24, 2.45) is 5.92 Å². The van der Waals surface area contributed by atoms with Crippen LogP contribution in [-0.4, -0.2) is 54.7 Å². The highest BCUT2D eigenvalue weighted by Crippen LogP contribution is 2.33. The van der Waals surface area contributed by atoms with E-state index >= 15 is 0 Å². The molecule has 0 spiro atoms. The predicted octanol–water partition coefficient (Wildman–Crippen LogP) is 2.35. The van der Waals surface area contributed by atoms with Crippen LogP contribution in [0.1, 0.15) is 31.4 Å². The van der Waals surface area contributed by atoms with Crippen LogP contribution in [0.5, 0.6) is 0 Å². The summed E-state index contributed by atoms with van der Waals surface area (Å²) >= 11 is 0. The van der Waals surface area contributed by atoms with Crippen molar-refractivity contribution in [3.8, 4) is 0 Å². The number of hydrogen-bond donors (Lipinski definition) is 0. The van der Waals surface area contributed by atoms with E-state index in [9.17, 15) is 0 Å². The van der Waals surface area contributed by atoms with Gasteiger partial charge in [0.2, 0.25) is 0 Å². The topological polar surface area (TPSA) is 28.9 Å². The Labute approximate surface area is 127 Å². The lowest BCUT2D eigenvalue weighted by molar-refractivity contribution is -0.0727. The van der Waals surface area contributed by atoms with E-state index < -0.39 is 0 Å². The smallest absolute Gasteiger partial charge is 0.117 e. The average molecular weight is 290 g/mol. The molecule has 4 rings (SSSR count). The Balaban J connectivity index is 1.38. The quantitative estimate of drug-likeness (QED) is 0.851. The fraction of sp³-hybridized carbons (Fsp3) is 0.765. The number of fused-ring (bicyclic) bond motifs is 1. The van der Waals surface area contributed by atoms with Crippen LogP contribution in [0.4, 0.5) is 0 Å². The van der Waals surface area contributed by atoms with Gasteiger partial charge in [0, 0.05) is 32.2 Å². The van der Waals surface area contributed by atoms with Gasteiger partial charge < -0.3 is 9.15 Å². The van der Waals surface area contributed by atoms with Crippen LogP contribution in [-0.2, 0) is 11.3 Å². The first-order valence-corrected chi connectivity index (χ1v) is 8.49. The first-order chi connectivity index (χ1) is 10.4. The zero-order valence-electron chi connectivity index (χ0n) is 12.7. The molecule has 2 saturated heterocycles. The number of ether oxygens (including phenoxy) is 1. The molecule has 0 unspecified atom stereocenters. The highest BCUT2D eigenvalue weighted by Gasteiger charge is 2.37. The molecule has 21 heavy (non-hydrogen) atoms. The standard InChI is InChI=1S/C17H26N2O2/c1-2-15(20-10-1)13-18-7-5-16-17(6-8-18)21-11-9-19(16)12-14-3-4-14/h1-2,10,14,16-17H,3-9,11-13H2/t16-,17-/m0/s1. The Hall–Kier alpha value is -0.840. The summed E-state index contributed by atoms with van der Waals surface area (Å²) in [5.74, 6) is 2.06. The molecular weight excluding hydrogens is 264 g/mol. The van der Waals surface area contributed by atoms with E-state index in [1.807, 2.05) is 6.07 Å². The van der Waals surface area contributed by atoms with E-state index in [1.165, 1.54) is 25.8 Å². The maximum atomic E-state index is 6.09. The lowest BCUT2D eigenvalue weighted by atomic mass is 10.0. The molecule has 2 aliphatic heterocycles. The van der Waals surface area contributed by atoms with Gasteiger partial charge in [-0.25, -0.2) is 0 Å². The molecule has 1 aromatic rings. The van der Waals surface area contributed by atoms with Crippen molar-refractivity contribution in [2.75, 3.05) is 32.8 Å². The number of furan rings is 1. The Kier molecular flexibility index (Phi) is 4.01. The highest BCUT2D eigenvalue weighted by atomic mass is 16.5. The van der Waals surface area contributed by atoms with Crippen LogP contribution < -0.4 is 0 Å². The Bertz CT molecular complexity index is 444. The van der Waals surface area contributed by atoms with Crippen molar-refractivity contribution in [1.29, 1.82) is 0 Å². The van der Waals surface area contributed by atoms with Gasteiger partial charge in [0.15, 0.2) is 0 Å². The second-order valence-electron chi connectivity index (χ2n) is 6.85. The predicted molar refractivity (Wildman–Crippen MR) is 81.0 cm³/mol. The molecule has 4 nitrogen and oxygen atoms in total. The summed E-state index contributed by atoms with van der Waals surface area (Å²) in [5.41, 5.74) is 0. The number of nitrogens with zero attached hydrogens (tertiary/aromatic N) is 2. The van der Waals surface area contributed by atoms with Gasteiger partial charge in [0.25, 0.3) is 0 Å². The number of likely N-dealkylation sites (tertiary alicyclic amines) is 1. The van der Waals surface area contributed by atoms with Crippen molar-refractivity contribution in [3.63, 3.8) is 0 Å². The third-order valence-electron chi connectivity index (χ3n) is 5.23. The molecule has 0 aromatic carbocycles. The molecule has 0 radical (unpaired) electrons. The molecule has 3 heterocycles. The molecule has 4 heteroatoms. The van der Waals surface area contributed by atoms with Crippen LogP contribution in [0.15, 0.2) is 22.8 Å². The molecule has 0 bridgehead atoms. The molecule has 1 saturated carbocycles. The lowest BCUT2D eigenvalue weighted by Crippen LogP contribution is -2.51. The fourth-order valence-corrected chi connectivity index (χ4v) is 3.85. The van der Waals surface area contributed by atoms with Gasteiger partial charge in [-0.3, -0.25) is 9.80 Å². The Morgan fingerprint density at radius 2 is 2.00 bits per heavy atom.